The molecule has 36 heavy (non-hydrogen) atoms. The third-order valence-electron chi connectivity index (χ3n) is 7.21. The first-order valence-corrected chi connectivity index (χ1v) is 13.2. The Labute approximate surface area is 215 Å². The standard InChI is InChI=1S/C28H33N3O4S/c1-17-10-19(26-12-18-6-7-22(34-2)13-27(18)36-26)8-9-31(17)15-21(32)16-35-25-5-3-4-24-23(25)11-20(14-30-24)28(29)33/h3-7,11-13,17,19,21,30,32H,8-10,14-16H2,1-2H3,(H2,29,33)/t17?,19-,21?/m0/s1. The van der Waals surface area contributed by atoms with Crippen molar-refractivity contribution in [3.05, 3.63) is 58.5 Å². The van der Waals surface area contributed by atoms with Gasteiger partial charge >= 0.3 is 0 Å². The Morgan fingerprint density at radius 3 is 2.94 bits per heavy atom. The summed E-state index contributed by atoms with van der Waals surface area (Å²) in [5.41, 5.74) is 7.64. The number of hydrogen-bond donors (Lipinski definition) is 3. The predicted octanol–water partition coefficient (Wildman–Crippen LogP) is 4.21. The minimum atomic E-state index is -0.618. The maximum absolute atomic E-state index is 11.6. The molecule has 5 rings (SSSR count). The number of anilines is 1. The number of fused-ring (bicyclic) bond motifs is 2. The minimum absolute atomic E-state index is 0.182. The predicted molar refractivity (Wildman–Crippen MR) is 145 cm³/mol. The van der Waals surface area contributed by atoms with Gasteiger partial charge in [0.25, 0.3) is 0 Å². The first kappa shape index (κ1) is 24.6. The fourth-order valence-electron chi connectivity index (χ4n) is 5.17. The second-order valence-corrected chi connectivity index (χ2v) is 10.8. The summed E-state index contributed by atoms with van der Waals surface area (Å²) in [7, 11) is 1.70. The Morgan fingerprint density at radius 1 is 1.31 bits per heavy atom. The molecule has 0 saturated carbocycles. The van der Waals surface area contributed by atoms with E-state index >= 15 is 0 Å². The number of carbonyl (C=O) groups is 1. The summed E-state index contributed by atoms with van der Waals surface area (Å²) >= 11 is 1.86. The number of methoxy groups -OCH3 is 1. The molecule has 1 saturated heterocycles. The van der Waals surface area contributed by atoms with Crippen LogP contribution in [0.2, 0.25) is 0 Å². The highest BCUT2D eigenvalue weighted by molar-refractivity contribution is 7.19. The van der Waals surface area contributed by atoms with E-state index in [4.69, 9.17) is 15.2 Å². The summed E-state index contributed by atoms with van der Waals surface area (Å²) in [5.74, 6) is 1.61. The fraction of sp³-hybridized carbons (Fsp3) is 0.393. The lowest BCUT2D eigenvalue weighted by molar-refractivity contribution is -0.114. The number of β-amino-alcohol motifs (C(OH)–C–C–N with tert-alkyl or cyclic N) is 1. The molecule has 2 unspecified atom stereocenters. The van der Waals surface area contributed by atoms with Crippen LogP contribution in [0.5, 0.6) is 11.5 Å². The number of primary amides is 1. The lowest BCUT2D eigenvalue weighted by atomic mass is 9.90. The van der Waals surface area contributed by atoms with E-state index in [2.05, 4.69) is 35.3 Å². The van der Waals surface area contributed by atoms with Gasteiger partial charge in [-0.25, -0.2) is 0 Å². The van der Waals surface area contributed by atoms with Crippen molar-refractivity contribution in [3.63, 3.8) is 0 Å². The summed E-state index contributed by atoms with van der Waals surface area (Å²) in [5, 5.41) is 15.2. The van der Waals surface area contributed by atoms with Gasteiger partial charge in [0.2, 0.25) is 5.91 Å². The van der Waals surface area contributed by atoms with Crippen molar-refractivity contribution in [1.82, 2.24) is 4.90 Å². The molecule has 1 fully saturated rings. The molecule has 2 aliphatic heterocycles. The van der Waals surface area contributed by atoms with Crippen LogP contribution in [0.15, 0.2) is 48.0 Å². The molecular weight excluding hydrogens is 474 g/mol. The molecule has 0 aliphatic carbocycles. The van der Waals surface area contributed by atoms with Gasteiger partial charge in [0.05, 0.1) is 7.11 Å². The van der Waals surface area contributed by atoms with Gasteiger partial charge in [-0.05, 0) is 80.1 Å². The van der Waals surface area contributed by atoms with Crippen LogP contribution in [0.3, 0.4) is 0 Å². The molecule has 0 radical (unpaired) electrons. The molecule has 3 heterocycles. The maximum Gasteiger partial charge on any atom is 0.246 e. The Balaban J connectivity index is 1.17. The van der Waals surface area contributed by atoms with Gasteiger partial charge < -0.3 is 25.6 Å². The van der Waals surface area contributed by atoms with Crippen LogP contribution < -0.4 is 20.5 Å². The monoisotopic (exact) mass is 507 g/mol. The largest absolute Gasteiger partial charge is 0.497 e. The van der Waals surface area contributed by atoms with E-state index in [9.17, 15) is 9.90 Å². The van der Waals surface area contributed by atoms with E-state index in [1.807, 2.05) is 35.6 Å². The molecule has 3 atom stereocenters. The van der Waals surface area contributed by atoms with E-state index in [0.29, 0.717) is 36.4 Å². The first-order chi connectivity index (χ1) is 17.4. The van der Waals surface area contributed by atoms with E-state index in [1.54, 1.807) is 13.2 Å². The number of rotatable bonds is 8. The fourth-order valence-corrected chi connectivity index (χ4v) is 6.41. The number of aliphatic hydroxyl groups excluding tert-OH is 1. The summed E-state index contributed by atoms with van der Waals surface area (Å²) < 4.78 is 12.6. The molecule has 0 bridgehead atoms. The molecule has 2 aliphatic rings. The van der Waals surface area contributed by atoms with Crippen LogP contribution in [-0.2, 0) is 4.79 Å². The molecule has 0 spiro atoms. The van der Waals surface area contributed by atoms with Gasteiger partial charge in [-0.15, -0.1) is 11.3 Å². The smallest absolute Gasteiger partial charge is 0.246 e. The summed E-state index contributed by atoms with van der Waals surface area (Å²) in [6.07, 6.45) is 3.29. The average molecular weight is 508 g/mol. The molecule has 3 aromatic rings. The van der Waals surface area contributed by atoms with Crippen molar-refractivity contribution >= 4 is 39.1 Å². The summed E-state index contributed by atoms with van der Waals surface area (Å²) in [6.45, 7) is 4.33. The van der Waals surface area contributed by atoms with Gasteiger partial charge in [-0.1, -0.05) is 6.07 Å². The summed E-state index contributed by atoms with van der Waals surface area (Å²) in [6, 6.07) is 14.6. The van der Waals surface area contributed by atoms with Crippen LogP contribution in [0, 0.1) is 0 Å². The number of carbonyl (C=O) groups excluding carboxylic acids is 1. The number of likely N-dealkylation sites (tertiary alicyclic amines) is 1. The van der Waals surface area contributed by atoms with Crippen LogP contribution in [0.1, 0.15) is 36.1 Å². The number of piperidine rings is 1. The van der Waals surface area contributed by atoms with E-state index < -0.39 is 12.0 Å². The van der Waals surface area contributed by atoms with Gasteiger partial charge in [-0.3, -0.25) is 9.69 Å². The highest BCUT2D eigenvalue weighted by atomic mass is 32.1. The van der Waals surface area contributed by atoms with Crippen LogP contribution in [0.25, 0.3) is 16.2 Å². The average Bonchev–Trinajstić information content (AvgIpc) is 3.31. The molecule has 190 valence electrons. The normalized spacial score (nSPS) is 20.8. The van der Waals surface area contributed by atoms with Crippen molar-refractivity contribution in [2.75, 3.05) is 38.7 Å². The number of thiophene rings is 1. The number of nitrogens with zero attached hydrogens (tertiary/aromatic N) is 1. The first-order valence-electron chi connectivity index (χ1n) is 12.4. The molecule has 7 nitrogen and oxygen atoms in total. The van der Waals surface area contributed by atoms with Gasteiger partial charge in [0.1, 0.15) is 24.2 Å². The van der Waals surface area contributed by atoms with Crippen molar-refractivity contribution < 1.29 is 19.4 Å². The van der Waals surface area contributed by atoms with Crippen molar-refractivity contribution in [1.29, 1.82) is 0 Å². The lowest BCUT2D eigenvalue weighted by Crippen LogP contribution is -2.45. The third-order valence-corrected chi connectivity index (χ3v) is 8.47. The van der Waals surface area contributed by atoms with Gasteiger partial charge in [0.15, 0.2) is 0 Å². The van der Waals surface area contributed by atoms with E-state index in [1.165, 1.54) is 15.0 Å². The Hall–Kier alpha value is -3.07. The molecular formula is C28H33N3O4S. The number of nitrogens with two attached hydrogens (primary N) is 1. The maximum atomic E-state index is 11.6. The number of amides is 1. The number of ether oxygens (including phenoxy) is 2. The van der Waals surface area contributed by atoms with Crippen LogP contribution in [-0.4, -0.2) is 61.4 Å². The second-order valence-electron chi connectivity index (χ2n) is 9.69. The van der Waals surface area contributed by atoms with Crippen molar-refractivity contribution in [3.8, 4) is 11.5 Å². The number of aliphatic hydroxyl groups is 1. The highest BCUT2D eigenvalue weighted by Crippen LogP contribution is 2.39. The van der Waals surface area contributed by atoms with Crippen LogP contribution >= 0.6 is 11.3 Å². The Morgan fingerprint density at radius 2 is 2.17 bits per heavy atom. The highest BCUT2D eigenvalue weighted by Gasteiger charge is 2.29. The quantitative estimate of drug-likeness (QED) is 0.423. The number of benzene rings is 2. The summed E-state index contributed by atoms with van der Waals surface area (Å²) in [4.78, 5) is 15.4. The zero-order valence-corrected chi connectivity index (χ0v) is 21.5. The molecule has 4 N–H and O–H groups in total. The van der Waals surface area contributed by atoms with E-state index in [-0.39, 0.29) is 6.61 Å². The Kier molecular flexibility index (Phi) is 7.18. The lowest BCUT2D eigenvalue weighted by Gasteiger charge is -2.38. The SMILES string of the molecule is COc1ccc2cc([C@H]3CCN(CC(O)COc4cccc5c4C=C(C(N)=O)CN5)C(C)C3)sc2c1. The van der Waals surface area contributed by atoms with Crippen molar-refractivity contribution in [2.45, 2.75) is 37.8 Å². The zero-order chi connectivity index (χ0) is 25.2. The zero-order valence-electron chi connectivity index (χ0n) is 20.7. The topological polar surface area (TPSA) is 97.1 Å². The van der Waals surface area contributed by atoms with Crippen molar-refractivity contribution in [2.24, 2.45) is 5.73 Å². The molecule has 1 amide bonds. The number of hydrogen-bond acceptors (Lipinski definition) is 7. The second kappa shape index (κ2) is 10.5. The molecule has 2 aromatic carbocycles. The molecule has 1 aromatic heterocycles. The molecule has 8 heteroatoms. The number of nitrogens with one attached hydrogen (secondary N) is 1. The Bertz CT molecular complexity index is 1290. The van der Waals surface area contributed by atoms with Crippen LogP contribution in [0.4, 0.5) is 5.69 Å². The minimum Gasteiger partial charge on any atom is -0.497 e. The van der Waals surface area contributed by atoms with Gasteiger partial charge in [-0.2, -0.15) is 0 Å². The third kappa shape index (κ3) is 5.21. The van der Waals surface area contributed by atoms with Gasteiger partial charge in [0, 0.05) is 45.5 Å². The van der Waals surface area contributed by atoms with E-state index in [0.717, 1.165) is 36.4 Å².